The Morgan fingerprint density at radius 2 is 2.00 bits per heavy atom. The van der Waals surface area contributed by atoms with Crippen LogP contribution < -0.4 is 11.3 Å². The van der Waals surface area contributed by atoms with Crippen molar-refractivity contribution in [1.82, 2.24) is 5.43 Å². The molecule has 3 fully saturated rings. The average Bonchev–Trinajstić information content (AvgIpc) is 2.92. The molecule has 0 aromatic rings. The number of hydrogen-bond acceptors (Lipinski definition) is 3. The Morgan fingerprint density at radius 1 is 1.21 bits per heavy atom. The number of carbonyl (C=O) groups is 1. The molecule has 0 unspecified atom stereocenters. The van der Waals surface area contributed by atoms with Crippen molar-refractivity contribution >= 4 is 5.91 Å². The van der Waals surface area contributed by atoms with E-state index in [1.165, 1.54) is 12.0 Å². The maximum atomic E-state index is 12.3. The van der Waals surface area contributed by atoms with Crippen LogP contribution in [0.3, 0.4) is 0 Å². The first-order chi connectivity index (χ1) is 11.4. The molecule has 0 heterocycles. The molecule has 24 heavy (non-hydrogen) atoms. The lowest BCUT2D eigenvalue weighted by atomic mass is 9.47. The van der Waals surface area contributed by atoms with E-state index in [-0.39, 0.29) is 28.8 Å². The molecule has 0 saturated heterocycles. The van der Waals surface area contributed by atoms with Crippen LogP contribution in [0.25, 0.3) is 0 Å². The Bertz CT molecular complexity index is 574. The normalized spacial score (nSPS) is 50.3. The minimum absolute atomic E-state index is 0.0393. The number of nitrogens with one attached hydrogen (secondary N) is 1. The van der Waals surface area contributed by atoms with Crippen LogP contribution in [0.4, 0.5) is 0 Å². The van der Waals surface area contributed by atoms with Gasteiger partial charge in [-0.1, -0.05) is 25.5 Å². The van der Waals surface area contributed by atoms with Crippen molar-refractivity contribution in [3.8, 4) is 0 Å². The summed E-state index contributed by atoms with van der Waals surface area (Å²) < 4.78 is 0. The minimum atomic E-state index is -0.140. The van der Waals surface area contributed by atoms with Crippen LogP contribution in [-0.2, 0) is 4.79 Å². The van der Waals surface area contributed by atoms with Crippen molar-refractivity contribution in [3.05, 3.63) is 11.6 Å². The Balaban J connectivity index is 1.64. The van der Waals surface area contributed by atoms with Gasteiger partial charge in [-0.15, -0.1) is 0 Å². The molecule has 4 N–H and O–H groups in total. The van der Waals surface area contributed by atoms with E-state index in [0.717, 1.165) is 50.9 Å². The number of amides is 1. The van der Waals surface area contributed by atoms with Crippen LogP contribution in [0.1, 0.15) is 65.2 Å². The summed E-state index contributed by atoms with van der Waals surface area (Å²) in [4.78, 5) is 12.3. The van der Waals surface area contributed by atoms with Crippen LogP contribution in [0.5, 0.6) is 0 Å². The molecule has 4 nitrogen and oxygen atoms in total. The summed E-state index contributed by atoms with van der Waals surface area (Å²) >= 11 is 0. The zero-order valence-corrected chi connectivity index (χ0v) is 15.1. The van der Waals surface area contributed by atoms with Gasteiger partial charge >= 0.3 is 0 Å². The third-order valence-corrected chi connectivity index (χ3v) is 8.54. The summed E-state index contributed by atoms with van der Waals surface area (Å²) in [5, 5.41) is 10.1. The van der Waals surface area contributed by atoms with Crippen molar-refractivity contribution in [2.45, 2.75) is 71.3 Å². The second-order valence-electron chi connectivity index (χ2n) is 9.34. The standard InChI is InChI=1S/C20H32N2O2/c1-19-9-7-13(23)11-12(19)3-4-14-15-5-6-17(18(24)22-21)20(15,2)10-8-16(14)19/h3,13-17,23H,4-11,21H2,1-2H3,(H,22,24)/t13-,14-,15-,16-,17+,19-,20-/m0/s1. The van der Waals surface area contributed by atoms with Gasteiger partial charge in [0.25, 0.3) is 0 Å². The highest BCUT2D eigenvalue weighted by Crippen LogP contribution is 2.66. The highest BCUT2D eigenvalue weighted by Gasteiger charge is 2.59. The predicted octanol–water partition coefficient (Wildman–Crippen LogP) is 2.92. The van der Waals surface area contributed by atoms with Crippen molar-refractivity contribution in [3.63, 3.8) is 0 Å². The van der Waals surface area contributed by atoms with Crippen molar-refractivity contribution in [1.29, 1.82) is 0 Å². The van der Waals surface area contributed by atoms with Crippen LogP contribution >= 0.6 is 0 Å². The highest BCUT2D eigenvalue weighted by atomic mass is 16.3. The van der Waals surface area contributed by atoms with E-state index in [9.17, 15) is 9.90 Å². The molecule has 4 aliphatic carbocycles. The number of hydrazine groups is 1. The summed E-state index contributed by atoms with van der Waals surface area (Å²) in [5.74, 6) is 7.64. The maximum absolute atomic E-state index is 12.3. The van der Waals surface area contributed by atoms with Crippen LogP contribution in [0.2, 0.25) is 0 Å². The molecule has 4 rings (SSSR count). The Morgan fingerprint density at radius 3 is 2.75 bits per heavy atom. The van der Waals surface area contributed by atoms with E-state index in [1.54, 1.807) is 0 Å². The number of rotatable bonds is 1. The van der Waals surface area contributed by atoms with E-state index in [4.69, 9.17) is 5.84 Å². The fourth-order valence-electron chi connectivity index (χ4n) is 7.17. The first-order valence-electron chi connectivity index (χ1n) is 9.78. The van der Waals surface area contributed by atoms with Gasteiger partial charge in [0.15, 0.2) is 0 Å². The van der Waals surface area contributed by atoms with E-state index in [1.807, 2.05) is 0 Å². The van der Waals surface area contributed by atoms with Crippen LogP contribution in [-0.4, -0.2) is 17.1 Å². The SMILES string of the molecule is C[C@]12CC[C@H]3[C@@H](CC=C4C[C@@H](O)CC[C@@]43C)[C@@H]1CC[C@@H]2C(=O)NN. The zero-order chi connectivity index (χ0) is 17.1. The Labute approximate surface area is 145 Å². The van der Waals surface area contributed by atoms with Gasteiger partial charge in [0.05, 0.1) is 6.10 Å². The molecular weight excluding hydrogens is 300 g/mol. The predicted molar refractivity (Wildman–Crippen MR) is 93.5 cm³/mol. The fraction of sp³-hybridized carbons (Fsp3) is 0.850. The van der Waals surface area contributed by atoms with Crippen molar-refractivity contribution < 1.29 is 9.90 Å². The molecule has 0 aromatic heterocycles. The highest BCUT2D eigenvalue weighted by molar-refractivity contribution is 5.79. The van der Waals surface area contributed by atoms with Gasteiger partial charge in [0, 0.05) is 5.92 Å². The fourth-order valence-corrected chi connectivity index (χ4v) is 7.17. The quantitative estimate of drug-likeness (QED) is 0.299. The van der Waals surface area contributed by atoms with Gasteiger partial charge in [-0.3, -0.25) is 10.2 Å². The van der Waals surface area contributed by atoms with E-state index in [2.05, 4.69) is 25.3 Å². The number of allylic oxidation sites excluding steroid dienone is 1. The minimum Gasteiger partial charge on any atom is -0.393 e. The third-order valence-electron chi connectivity index (χ3n) is 8.54. The van der Waals surface area contributed by atoms with Gasteiger partial charge in [0.2, 0.25) is 5.91 Å². The van der Waals surface area contributed by atoms with Crippen LogP contribution in [0, 0.1) is 34.5 Å². The second kappa shape index (κ2) is 5.57. The summed E-state index contributed by atoms with van der Waals surface area (Å²) in [7, 11) is 0. The number of aliphatic hydroxyl groups excluding tert-OH is 1. The third kappa shape index (κ3) is 2.15. The molecule has 4 heteroatoms. The molecule has 0 aliphatic heterocycles. The van der Waals surface area contributed by atoms with Gasteiger partial charge in [-0.2, -0.15) is 0 Å². The van der Waals surface area contributed by atoms with Gasteiger partial charge in [0.1, 0.15) is 0 Å². The first-order valence-corrected chi connectivity index (χ1v) is 9.78. The molecule has 3 saturated carbocycles. The number of carbonyl (C=O) groups excluding carboxylic acids is 1. The van der Waals surface area contributed by atoms with E-state index in [0.29, 0.717) is 11.8 Å². The van der Waals surface area contributed by atoms with E-state index < -0.39 is 0 Å². The lowest BCUT2D eigenvalue weighted by Gasteiger charge is -2.57. The number of fused-ring (bicyclic) bond motifs is 5. The summed E-state index contributed by atoms with van der Waals surface area (Å²) in [6.07, 6.45) is 10.9. The summed E-state index contributed by atoms with van der Waals surface area (Å²) in [6, 6.07) is 0. The first kappa shape index (κ1) is 16.6. The molecule has 0 spiro atoms. The molecular formula is C20H32N2O2. The van der Waals surface area contributed by atoms with Crippen LogP contribution in [0.15, 0.2) is 11.6 Å². The molecule has 134 valence electrons. The topological polar surface area (TPSA) is 75.3 Å². The molecule has 7 atom stereocenters. The lowest BCUT2D eigenvalue weighted by Crippen LogP contribution is -2.52. The maximum Gasteiger partial charge on any atom is 0.237 e. The Kier molecular flexibility index (Phi) is 3.85. The summed E-state index contributed by atoms with van der Waals surface area (Å²) in [5.41, 5.74) is 4.32. The zero-order valence-electron chi connectivity index (χ0n) is 15.1. The van der Waals surface area contributed by atoms with E-state index >= 15 is 0 Å². The lowest BCUT2D eigenvalue weighted by molar-refractivity contribution is -0.131. The molecule has 0 bridgehead atoms. The summed E-state index contributed by atoms with van der Waals surface area (Å²) in [6.45, 7) is 4.79. The van der Waals surface area contributed by atoms with Crippen molar-refractivity contribution in [2.24, 2.45) is 40.3 Å². The van der Waals surface area contributed by atoms with Gasteiger partial charge in [-0.25, -0.2) is 5.84 Å². The molecule has 4 aliphatic rings. The smallest absolute Gasteiger partial charge is 0.237 e. The molecule has 0 aromatic carbocycles. The number of nitrogens with two attached hydrogens (primary N) is 1. The van der Waals surface area contributed by atoms with Gasteiger partial charge < -0.3 is 5.11 Å². The number of hydrogen-bond donors (Lipinski definition) is 3. The Hall–Kier alpha value is -0.870. The van der Waals surface area contributed by atoms with Crippen molar-refractivity contribution in [2.75, 3.05) is 0 Å². The van der Waals surface area contributed by atoms with Gasteiger partial charge in [-0.05, 0) is 80.0 Å². The largest absolute Gasteiger partial charge is 0.393 e. The molecule has 0 radical (unpaired) electrons. The monoisotopic (exact) mass is 332 g/mol. The average molecular weight is 332 g/mol. The molecule has 1 amide bonds. The number of aliphatic hydroxyl groups is 1. The second-order valence-corrected chi connectivity index (χ2v) is 9.34.